The lowest BCUT2D eigenvalue weighted by Gasteiger charge is -2.15. The van der Waals surface area contributed by atoms with Crippen molar-refractivity contribution in [2.75, 3.05) is 10.0 Å². The molecule has 1 aliphatic rings. The van der Waals surface area contributed by atoms with Gasteiger partial charge in [-0.05, 0) is 62.6 Å². The molecule has 0 radical (unpaired) electrons. The Labute approximate surface area is 144 Å². The molecule has 0 amide bonds. The average molecular weight is 344 g/mol. The molecule has 0 aliphatic heterocycles. The summed E-state index contributed by atoms with van der Waals surface area (Å²) in [7, 11) is -3.57. The van der Waals surface area contributed by atoms with E-state index in [1.807, 2.05) is 38.1 Å². The van der Waals surface area contributed by atoms with Crippen molar-refractivity contribution in [3.05, 3.63) is 53.6 Å². The summed E-state index contributed by atoms with van der Waals surface area (Å²) in [5.41, 5.74) is 3.42. The van der Waals surface area contributed by atoms with E-state index in [1.54, 1.807) is 18.2 Å². The Morgan fingerprint density at radius 2 is 1.54 bits per heavy atom. The molecule has 3 rings (SSSR count). The van der Waals surface area contributed by atoms with Crippen LogP contribution in [0.2, 0.25) is 0 Å². The maximum absolute atomic E-state index is 12.6. The fourth-order valence-corrected chi connectivity index (χ4v) is 4.54. The standard InChI is InChI=1S/C19H24N2O2S/c1-14-7-12-19(15(2)13-14)24(22,23)21-18-10-8-17(9-11-18)20-16-5-3-4-6-16/h7-13,16,20-21H,3-6H2,1-2H3. The highest BCUT2D eigenvalue weighted by molar-refractivity contribution is 7.92. The Morgan fingerprint density at radius 3 is 2.17 bits per heavy atom. The maximum Gasteiger partial charge on any atom is 0.262 e. The van der Waals surface area contributed by atoms with Crippen molar-refractivity contribution < 1.29 is 8.42 Å². The second-order valence-corrected chi connectivity index (χ2v) is 8.23. The van der Waals surface area contributed by atoms with Crippen molar-refractivity contribution in [2.45, 2.75) is 50.5 Å². The van der Waals surface area contributed by atoms with Gasteiger partial charge < -0.3 is 5.32 Å². The van der Waals surface area contributed by atoms with Gasteiger partial charge in [-0.3, -0.25) is 4.72 Å². The molecule has 0 heterocycles. The summed E-state index contributed by atoms with van der Waals surface area (Å²) in [5, 5.41) is 3.50. The molecule has 2 N–H and O–H groups in total. The molecule has 1 aliphatic carbocycles. The van der Waals surface area contributed by atoms with Gasteiger partial charge in [-0.2, -0.15) is 0 Å². The number of hydrogen-bond donors (Lipinski definition) is 2. The molecule has 0 saturated heterocycles. The van der Waals surface area contributed by atoms with E-state index < -0.39 is 10.0 Å². The zero-order valence-corrected chi connectivity index (χ0v) is 15.0. The van der Waals surface area contributed by atoms with Crippen molar-refractivity contribution in [3.63, 3.8) is 0 Å². The third-order valence-corrected chi connectivity index (χ3v) is 6.02. The minimum absolute atomic E-state index is 0.321. The van der Waals surface area contributed by atoms with E-state index in [0.29, 0.717) is 16.6 Å². The molecule has 5 heteroatoms. The summed E-state index contributed by atoms with van der Waals surface area (Å²) in [5.74, 6) is 0. The SMILES string of the molecule is Cc1ccc(S(=O)(=O)Nc2ccc(NC3CCCC3)cc2)c(C)c1. The van der Waals surface area contributed by atoms with E-state index in [9.17, 15) is 8.42 Å². The molecule has 0 aromatic heterocycles. The highest BCUT2D eigenvalue weighted by atomic mass is 32.2. The van der Waals surface area contributed by atoms with Gasteiger partial charge >= 0.3 is 0 Å². The summed E-state index contributed by atoms with van der Waals surface area (Å²) in [6.07, 6.45) is 4.99. The topological polar surface area (TPSA) is 58.2 Å². The zero-order valence-electron chi connectivity index (χ0n) is 14.2. The van der Waals surface area contributed by atoms with Crippen LogP contribution >= 0.6 is 0 Å². The summed E-state index contributed by atoms with van der Waals surface area (Å²) in [4.78, 5) is 0.321. The monoisotopic (exact) mass is 344 g/mol. The molecule has 2 aromatic rings. The van der Waals surface area contributed by atoms with Crippen molar-refractivity contribution >= 4 is 21.4 Å². The van der Waals surface area contributed by atoms with E-state index in [-0.39, 0.29) is 0 Å². The number of aryl methyl sites for hydroxylation is 2. The molecular formula is C19H24N2O2S. The fraction of sp³-hybridized carbons (Fsp3) is 0.368. The first kappa shape index (κ1) is 16.8. The third kappa shape index (κ3) is 3.90. The first-order valence-corrected chi connectivity index (χ1v) is 9.89. The summed E-state index contributed by atoms with van der Waals surface area (Å²) < 4.78 is 27.8. The van der Waals surface area contributed by atoms with Crippen molar-refractivity contribution in [3.8, 4) is 0 Å². The number of benzene rings is 2. The Hall–Kier alpha value is -2.01. The quantitative estimate of drug-likeness (QED) is 0.842. The lowest BCUT2D eigenvalue weighted by molar-refractivity contribution is 0.600. The van der Waals surface area contributed by atoms with Gasteiger partial charge in [-0.15, -0.1) is 0 Å². The van der Waals surface area contributed by atoms with Gasteiger partial charge in [0.15, 0.2) is 0 Å². The van der Waals surface area contributed by atoms with Crippen LogP contribution in [0.1, 0.15) is 36.8 Å². The predicted molar refractivity (Wildman–Crippen MR) is 99.0 cm³/mol. The van der Waals surface area contributed by atoms with E-state index in [2.05, 4.69) is 10.0 Å². The molecule has 4 nitrogen and oxygen atoms in total. The van der Waals surface area contributed by atoms with Gasteiger partial charge in [-0.25, -0.2) is 8.42 Å². The van der Waals surface area contributed by atoms with Crippen LogP contribution in [-0.4, -0.2) is 14.5 Å². The minimum Gasteiger partial charge on any atom is -0.382 e. The first-order valence-electron chi connectivity index (χ1n) is 8.41. The van der Waals surface area contributed by atoms with Crippen LogP contribution in [0, 0.1) is 13.8 Å². The molecule has 2 aromatic carbocycles. The molecule has 128 valence electrons. The zero-order chi connectivity index (χ0) is 17.2. The largest absolute Gasteiger partial charge is 0.382 e. The summed E-state index contributed by atoms with van der Waals surface area (Å²) >= 11 is 0. The maximum atomic E-state index is 12.6. The smallest absolute Gasteiger partial charge is 0.262 e. The number of anilines is 2. The number of rotatable bonds is 5. The lowest BCUT2D eigenvalue weighted by atomic mass is 10.2. The van der Waals surface area contributed by atoms with E-state index >= 15 is 0 Å². The Kier molecular flexibility index (Phi) is 4.81. The lowest BCUT2D eigenvalue weighted by Crippen LogP contribution is -2.15. The summed E-state index contributed by atoms with van der Waals surface area (Å²) in [6.45, 7) is 3.77. The molecule has 0 spiro atoms. The van der Waals surface area contributed by atoms with Crippen molar-refractivity contribution in [2.24, 2.45) is 0 Å². The Balaban J connectivity index is 1.72. The highest BCUT2D eigenvalue weighted by Crippen LogP contribution is 2.24. The molecule has 0 atom stereocenters. The second kappa shape index (κ2) is 6.85. The van der Waals surface area contributed by atoms with Gasteiger partial charge in [0.25, 0.3) is 10.0 Å². The van der Waals surface area contributed by atoms with Gasteiger partial charge in [0.2, 0.25) is 0 Å². The third-order valence-electron chi connectivity index (χ3n) is 4.48. The van der Waals surface area contributed by atoms with Gasteiger partial charge in [-0.1, -0.05) is 30.5 Å². The van der Waals surface area contributed by atoms with Crippen LogP contribution in [0.5, 0.6) is 0 Å². The van der Waals surface area contributed by atoms with Crippen LogP contribution in [0.3, 0.4) is 0 Å². The Morgan fingerprint density at radius 1 is 0.917 bits per heavy atom. The van der Waals surface area contributed by atoms with Crippen molar-refractivity contribution in [1.82, 2.24) is 0 Å². The number of nitrogens with one attached hydrogen (secondary N) is 2. The highest BCUT2D eigenvalue weighted by Gasteiger charge is 2.17. The van der Waals surface area contributed by atoms with Crippen LogP contribution in [0.15, 0.2) is 47.4 Å². The Bertz CT molecular complexity index is 808. The predicted octanol–water partition coefficient (Wildman–Crippen LogP) is 4.46. The number of sulfonamides is 1. The van der Waals surface area contributed by atoms with Gasteiger partial charge in [0, 0.05) is 17.4 Å². The fourth-order valence-electron chi connectivity index (χ4n) is 3.25. The minimum atomic E-state index is -3.57. The van der Waals surface area contributed by atoms with Gasteiger partial charge in [0.05, 0.1) is 4.90 Å². The first-order chi connectivity index (χ1) is 11.4. The number of hydrogen-bond acceptors (Lipinski definition) is 3. The normalized spacial score (nSPS) is 15.4. The van der Waals surface area contributed by atoms with Crippen LogP contribution in [0.25, 0.3) is 0 Å². The average Bonchev–Trinajstić information content (AvgIpc) is 3.01. The van der Waals surface area contributed by atoms with Crippen molar-refractivity contribution in [1.29, 1.82) is 0 Å². The summed E-state index contributed by atoms with van der Waals surface area (Å²) in [6, 6.07) is 13.4. The molecule has 1 fully saturated rings. The molecular weight excluding hydrogens is 320 g/mol. The van der Waals surface area contributed by atoms with E-state index in [1.165, 1.54) is 25.7 Å². The van der Waals surface area contributed by atoms with E-state index in [4.69, 9.17) is 0 Å². The van der Waals surface area contributed by atoms with Crippen LogP contribution in [-0.2, 0) is 10.0 Å². The second-order valence-electron chi connectivity index (χ2n) is 6.58. The van der Waals surface area contributed by atoms with Crippen LogP contribution < -0.4 is 10.0 Å². The molecule has 0 bridgehead atoms. The molecule has 24 heavy (non-hydrogen) atoms. The molecule has 1 saturated carbocycles. The van der Waals surface area contributed by atoms with E-state index in [0.717, 1.165) is 16.8 Å². The molecule has 0 unspecified atom stereocenters. The van der Waals surface area contributed by atoms with Gasteiger partial charge in [0.1, 0.15) is 0 Å². The van der Waals surface area contributed by atoms with Crippen LogP contribution in [0.4, 0.5) is 11.4 Å².